The molecule has 2 aromatic rings. The Labute approximate surface area is 193 Å². The van der Waals surface area contributed by atoms with Crippen LogP contribution in [0.1, 0.15) is 61.9 Å². The zero-order valence-electron chi connectivity index (χ0n) is 17.8. The Morgan fingerprint density at radius 3 is 2.39 bits per heavy atom. The third kappa shape index (κ3) is 5.16. The summed E-state index contributed by atoms with van der Waals surface area (Å²) in [6, 6.07) is 10.3. The van der Waals surface area contributed by atoms with Crippen molar-refractivity contribution in [3.8, 4) is 5.75 Å². The first-order valence-corrected chi connectivity index (χ1v) is 11.4. The minimum atomic E-state index is -0.747. The lowest BCUT2D eigenvalue weighted by atomic mass is 9.68. The molecule has 166 valence electrons. The van der Waals surface area contributed by atoms with Gasteiger partial charge in [-0.3, -0.25) is 4.79 Å². The summed E-state index contributed by atoms with van der Waals surface area (Å²) >= 11 is 12.6. The maximum Gasteiger partial charge on any atom is 0.341 e. The summed E-state index contributed by atoms with van der Waals surface area (Å²) in [4.78, 5) is 26.0. The van der Waals surface area contributed by atoms with Gasteiger partial charge in [-0.25, -0.2) is 4.79 Å². The van der Waals surface area contributed by atoms with Gasteiger partial charge in [0.05, 0.1) is 18.6 Å². The van der Waals surface area contributed by atoms with Crippen LogP contribution >= 0.6 is 23.2 Å². The van der Waals surface area contributed by atoms with E-state index in [1.807, 2.05) is 13.0 Å². The molecule has 7 heteroatoms. The van der Waals surface area contributed by atoms with Gasteiger partial charge < -0.3 is 14.8 Å². The van der Waals surface area contributed by atoms with Gasteiger partial charge in [0, 0.05) is 15.7 Å². The van der Waals surface area contributed by atoms with E-state index in [4.69, 9.17) is 32.7 Å². The van der Waals surface area contributed by atoms with Crippen molar-refractivity contribution in [1.29, 1.82) is 0 Å². The summed E-state index contributed by atoms with van der Waals surface area (Å²) in [6.07, 6.45) is 4.34. The molecule has 1 fully saturated rings. The molecule has 0 spiro atoms. The average Bonchev–Trinajstić information content (AvgIpc) is 2.75. The summed E-state index contributed by atoms with van der Waals surface area (Å²) in [5.41, 5.74) is 0.824. The third-order valence-corrected chi connectivity index (χ3v) is 6.17. The van der Waals surface area contributed by atoms with Gasteiger partial charge in [0.25, 0.3) is 0 Å². The fourth-order valence-electron chi connectivity index (χ4n) is 4.16. The SMILES string of the molecule is CCOC(=O)c1cc(NC(=O)C2(c3ccc(Cl)cc3Cl)CCCCC2)ccc1OCC. The Morgan fingerprint density at radius 2 is 1.74 bits per heavy atom. The highest BCUT2D eigenvalue weighted by Gasteiger charge is 2.42. The van der Waals surface area contributed by atoms with Crippen LogP contribution in [0.5, 0.6) is 5.75 Å². The molecule has 0 saturated heterocycles. The maximum absolute atomic E-state index is 13.6. The van der Waals surface area contributed by atoms with E-state index < -0.39 is 11.4 Å². The van der Waals surface area contributed by atoms with Crippen LogP contribution in [0.4, 0.5) is 5.69 Å². The first-order valence-electron chi connectivity index (χ1n) is 10.6. The average molecular weight is 464 g/mol. The van der Waals surface area contributed by atoms with E-state index in [1.54, 1.807) is 37.3 Å². The van der Waals surface area contributed by atoms with E-state index in [0.29, 0.717) is 40.9 Å². The van der Waals surface area contributed by atoms with E-state index in [2.05, 4.69) is 5.32 Å². The quantitative estimate of drug-likeness (QED) is 0.481. The topological polar surface area (TPSA) is 64.6 Å². The predicted octanol–water partition coefficient (Wildman–Crippen LogP) is 6.41. The molecule has 1 aliphatic rings. The van der Waals surface area contributed by atoms with E-state index in [1.165, 1.54) is 0 Å². The first-order chi connectivity index (χ1) is 14.9. The van der Waals surface area contributed by atoms with Gasteiger partial charge in [-0.2, -0.15) is 0 Å². The van der Waals surface area contributed by atoms with Crippen LogP contribution in [0.25, 0.3) is 0 Å². The molecule has 1 N–H and O–H groups in total. The molecule has 5 nitrogen and oxygen atoms in total. The molecule has 0 atom stereocenters. The van der Waals surface area contributed by atoms with Gasteiger partial charge in [0.15, 0.2) is 0 Å². The minimum Gasteiger partial charge on any atom is -0.493 e. The molecule has 0 bridgehead atoms. The van der Waals surface area contributed by atoms with Gasteiger partial charge in [-0.15, -0.1) is 0 Å². The van der Waals surface area contributed by atoms with E-state index in [9.17, 15) is 9.59 Å². The van der Waals surface area contributed by atoms with Crippen molar-refractivity contribution < 1.29 is 19.1 Å². The van der Waals surface area contributed by atoms with Crippen LogP contribution in [0.3, 0.4) is 0 Å². The second kappa shape index (κ2) is 10.4. The number of amides is 1. The lowest BCUT2D eigenvalue weighted by Crippen LogP contribution is -2.42. The number of hydrogen-bond acceptors (Lipinski definition) is 4. The fraction of sp³-hybridized carbons (Fsp3) is 0.417. The van der Waals surface area contributed by atoms with Crippen LogP contribution in [-0.2, 0) is 14.9 Å². The van der Waals surface area contributed by atoms with Gasteiger partial charge in [0.2, 0.25) is 5.91 Å². The lowest BCUT2D eigenvalue weighted by Gasteiger charge is -2.37. The Balaban J connectivity index is 1.95. The Kier molecular flexibility index (Phi) is 7.84. The number of rotatable bonds is 7. The zero-order chi connectivity index (χ0) is 22.4. The van der Waals surface area contributed by atoms with Gasteiger partial charge in [-0.1, -0.05) is 48.5 Å². The number of esters is 1. The number of nitrogens with one attached hydrogen (secondary N) is 1. The number of hydrogen-bond donors (Lipinski definition) is 1. The second-order valence-corrected chi connectivity index (χ2v) is 8.43. The van der Waals surface area contributed by atoms with Crippen LogP contribution in [-0.4, -0.2) is 25.1 Å². The molecule has 1 saturated carbocycles. The molecular weight excluding hydrogens is 437 g/mol. The van der Waals surface area contributed by atoms with Gasteiger partial charge in [0.1, 0.15) is 11.3 Å². The number of halogens is 2. The van der Waals surface area contributed by atoms with Crippen LogP contribution < -0.4 is 10.1 Å². The van der Waals surface area contributed by atoms with Gasteiger partial charge >= 0.3 is 5.97 Å². The number of anilines is 1. The highest BCUT2D eigenvalue weighted by Crippen LogP contribution is 2.44. The van der Waals surface area contributed by atoms with Crippen molar-refractivity contribution in [1.82, 2.24) is 0 Å². The maximum atomic E-state index is 13.6. The van der Waals surface area contributed by atoms with Crippen molar-refractivity contribution in [3.63, 3.8) is 0 Å². The largest absolute Gasteiger partial charge is 0.493 e. The summed E-state index contributed by atoms with van der Waals surface area (Å²) in [5, 5.41) is 4.03. The molecule has 3 rings (SSSR count). The monoisotopic (exact) mass is 463 g/mol. The molecule has 1 amide bonds. The summed E-state index contributed by atoms with van der Waals surface area (Å²) in [5.74, 6) is -0.211. The van der Waals surface area contributed by atoms with E-state index in [-0.39, 0.29) is 18.1 Å². The minimum absolute atomic E-state index is 0.143. The highest BCUT2D eigenvalue weighted by atomic mass is 35.5. The Bertz CT molecular complexity index is 955. The van der Waals surface area contributed by atoms with E-state index in [0.717, 1.165) is 24.8 Å². The molecule has 1 aliphatic carbocycles. The molecule has 0 radical (unpaired) electrons. The van der Waals surface area contributed by atoms with Crippen LogP contribution in [0.2, 0.25) is 10.0 Å². The zero-order valence-corrected chi connectivity index (χ0v) is 19.3. The van der Waals surface area contributed by atoms with Crippen molar-refractivity contribution in [2.24, 2.45) is 0 Å². The number of benzene rings is 2. The molecule has 2 aromatic carbocycles. The lowest BCUT2D eigenvalue weighted by molar-refractivity contribution is -0.122. The highest BCUT2D eigenvalue weighted by molar-refractivity contribution is 6.35. The molecule has 0 heterocycles. The smallest absolute Gasteiger partial charge is 0.341 e. The normalized spacial score (nSPS) is 15.2. The third-order valence-electron chi connectivity index (χ3n) is 5.62. The summed E-state index contributed by atoms with van der Waals surface area (Å²) in [6.45, 7) is 4.25. The predicted molar refractivity (Wildman–Crippen MR) is 123 cm³/mol. The molecule has 0 aromatic heterocycles. The van der Waals surface area contributed by atoms with Crippen molar-refractivity contribution in [2.45, 2.75) is 51.4 Å². The second-order valence-electron chi connectivity index (χ2n) is 7.59. The number of ether oxygens (including phenoxy) is 2. The number of carbonyl (C=O) groups is 2. The van der Waals surface area contributed by atoms with Crippen LogP contribution in [0, 0.1) is 0 Å². The van der Waals surface area contributed by atoms with Crippen molar-refractivity contribution >= 4 is 40.8 Å². The van der Waals surface area contributed by atoms with Crippen LogP contribution in [0.15, 0.2) is 36.4 Å². The van der Waals surface area contributed by atoms with Crippen molar-refractivity contribution in [3.05, 3.63) is 57.6 Å². The fourth-order valence-corrected chi connectivity index (χ4v) is 4.75. The molecule has 0 unspecified atom stereocenters. The first kappa shape index (κ1) is 23.4. The molecule has 31 heavy (non-hydrogen) atoms. The summed E-state index contributed by atoms with van der Waals surface area (Å²) < 4.78 is 10.7. The molecule has 0 aliphatic heterocycles. The Morgan fingerprint density at radius 1 is 1.00 bits per heavy atom. The van der Waals surface area contributed by atoms with Crippen molar-refractivity contribution in [2.75, 3.05) is 18.5 Å². The number of carbonyl (C=O) groups excluding carboxylic acids is 2. The standard InChI is InChI=1S/C24H27Cl2NO4/c1-3-30-21-11-9-17(15-18(21)22(28)31-4-2)27-23(29)24(12-6-5-7-13-24)19-10-8-16(25)14-20(19)26/h8-11,14-15H,3-7,12-13H2,1-2H3,(H,27,29). The van der Waals surface area contributed by atoms with E-state index >= 15 is 0 Å². The molecular formula is C24H27Cl2NO4. The Hall–Kier alpha value is -2.24. The summed E-state index contributed by atoms with van der Waals surface area (Å²) in [7, 11) is 0. The van der Waals surface area contributed by atoms with Gasteiger partial charge in [-0.05, 0) is 62.6 Å².